The van der Waals surface area contributed by atoms with E-state index in [1.807, 2.05) is 0 Å². The number of carbonyl (C=O) groups excluding carboxylic acids is 1. The number of sulfonamides is 1. The monoisotopic (exact) mass is 378 g/mol. The molecule has 1 aromatic carbocycles. The molecule has 0 bridgehead atoms. The quantitative estimate of drug-likeness (QED) is 0.865. The highest BCUT2D eigenvalue weighted by molar-refractivity contribution is 7.99. The summed E-state index contributed by atoms with van der Waals surface area (Å²) < 4.78 is 32.8. The van der Waals surface area contributed by atoms with Gasteiger partial charge in [-0.2, -0.15) is 0 Å². The zero-order valence-electron chi connectivity index (χ0n) is 13.5. The molecule has 1 N–H and O–H groups in total. The number of thioether (sulfide) groups is 1. The Morgan fingerprint density at radius 1 is 1.32 bits per heavy atom. The first-order chi connectivity index (χ1) is 12.0. The highest BCUT2D eigenvalue weighted by Crippen LogP contribution is 2.40. The molecule has 0 unspecified atom stereocenters. The van der Waals surface area contributed by atoms with Crippen LogP contribution in [0, 0.1) is 5.92 Å². The molecule has 25 heavy (non-hydrogen) atoms. The summed E-state index contributed by atoms with van der Waals surface area (Å²) in [7, 11) is -3.68. The highest BCUT2D eigenvalue weighted by atomic mass is 32.2. The summed E-state index contributed by atoms with van der Waals surface area (Å²) in [6.07, 6.45) is 3.36. The van der Waals surface area contributed by atoms with E-state index in [0.717, 1.165) is 23.5 Å². The fraction of sp³-hybridized carbons (Fsp3) is 0.353. The summed E-state index contributed by atoms with van der Waals surface area (Å²) in [5.74, 6) is 1.59. The third kappa shape index (κ3) is 3.47. The van der Waals surface area contributed by atoms with Gasteiger partial charge in [-0.3, -0.25) is 4.79 Å². The van der Waals surface area contributed by atoms with Crippen LogP contribution in [0.4, 0.5) is 5.69 Å². The van der Waals surface area contributed by atoms with Gasteiger partial charge in [0.25, 0.3) is 0 Å². The first-order valence-electron chi connectivity index (χ1n) is 8.15. The second kappa shape index (κ2) is 6.51. The first kappa shape index (κ1) is 16.7. The van der Waals surface area contributed by atoms with Crippen LogP contribution in [-0.2, 0) is 21.4 Å². The highest BCUT2D eigenvalue weighted by Gasteiger charge is 2.36. The maximum absolute atomic E-state index is 12.6. The number of benzene rings is 1. The van der Waals surface area contributed by atoms with Crippen molar-refractivity contribution in [3.05, 3.63) is 42.4 Å². The number of hydrogen-bond donors (Lipinski definition) is 1. The molecule has 2 aromatic rings. The number of rotatable bonds is 5. The number of hydrogen-bond acceptors (Lipinski definition) is 5. The van der Waals surface area contributed by atoms with Crippen molar-refractivity contribution >= 4 is 33.4 Å². The molecule has 0 radical (unpaired) electrons. The fourth-order valence-corrected chi connectivity index (χ4v) is 4.79. The van der Waals surface area contributed by atoms with Crippen LogP contribution in [0.5, 0.6) is 0 Å². The Labute approximate surface area is 150 Å². The van der Waals surface area contributed by atoms with Gasteiger partial charge < -0.3 is 9.32 Å². The molecule has 1 saturated carbocycles. The minimum atomic E-state index is -3.68. The molecule has 0 atom stereocenters. The number of nitrogens with zero attached hydrogens (tertiary/aromatic N) is 1. The summed E-state index contributed by atoms with van der Waals surface area (Å²) in [5.41, 5.74) is 0.703. The number of furan rings is 1. The lowest BCUT2D eigenvalue weighted by atomic mass is 10.2. The maximum Gasteiger partial charge on any atom is 0.241 e. The van der Waals surface area contributed by atoms with Crippen molar-refractivity contribution in [1.29, 1.82) is 0 Å². The van der Waals surface area contributed by atoms with Crippen LogP contribution < -0.4 is 9.62 Å². The van der Waals surface area contributed by atoms with Crippen molar-refractivity contribution in [2.75, 3.05) is 17.2 Å². The normalized spacial score (nSPS) is 17.4. The average Bonchev–Trinajstić information content (AvgIpc) is 3.34. The van der Waals surface area contributed by atoms with Crippen LogP contribution in [0.1, 0.15) is 18.6 Å². The summed E-state index contributed by atoms with van der Waals surface area (Å²) in [4.78, 5) is 15.4. The molecular weight excluding hydrogens is 360 g/mol. The van der Waals surface area contributed by atoms with Crippen LogP contribution in [0.2, 0.25) is 0 Å². The Bertz CT molecular complexity index is 889. The summed E-state index contributed by atoms with van der Waals surface area (Å²) in [5, 5.41) is 0. The van der Waals surface area contributed by atoms with E-state index < -0.39 is 10.0 Å². The maximum atomic E-state index is 12.6. The van der Waals surface area contributed by atoms with Gasteiger partial charge in [-0.05, 0) is 43.2 Å². The molecule has 132 valence electrons. The number of carbonyl (C=O) groups is 1. The van der Waals surface area contributed by atoms with Gasteiger partial charge in [-0.15, -0.1) is 11.8 Å². The molecule has 2 heterocycles. The summed E-state index contributed by atoms with van der Waals surface area (Å²) in [6, 6.07) is 8.39. The van der Waals surface area contributed by atoms with Crippen LogP contribution >= 0.6 is 11.8 Å². The van der Waals surface area contributed by atoms with Crippen LogP contribution in [0.15, 0.2) is 50.8 Å². The van der Waals surface area contributed by atoms with E-state index in [1.165, 1.54) is 6.26 Å². The Balaban J connectivity index is 1.60. The average molecular weight is 378 g/mol. The molecule has 6 nitrogen and oxygen atoms in total. The number of nitrogens with one attached hydrogen (secondary N) is 1. The van der Waals surface area contributed by atoms with Gasteiger partial charge in [0.1, 0.15) is 5.76 Å². The molecule has 4 rings (SSSR count). The first-order valence-corrected chi connectivity index (χ1v) is 10.6. The van der Waals surface area contributed by atoms with Gasteiger partial charge in [-0.1, -0.05) is 0 Å². The van der Waals surface area contributed by atoms with Gasteiger partial charge in [0, 0.05) is 23.1 Å². The van der Waals surface area contributed by atoms with Crippen molar-refractivity contribution in [2.24, 2.45) is 5.92 Å². The molecule has 0 saturated heterocycles. The van der Waals surface area contributed by atoms with Crippen molar-refractivity contribution in [3.8, 4) is 0 Å². The van der Waals surface area contributed by atoms with Gasteiger partial charge in [0.05, 0.1) is 23.4 Å². The molecule has 2 aliphatic rings. The smallest absolute Gasteiger partial charge is 0.241 e. The lowest BCUT2D eigenvalue weighted by molar-refractivity contribution is -0.119. The SMILES string of the molecule is O=C(C1CC1)N1CCSc2ccc(S(=O)(=O)NCc3ccco3)cc21. The standard InChI is InChI=1S/C17H18N2O4S2/c20-17(12-3-4-12)19-7-9-24-16-6-5-14(10-15(16)19)25(21,22)18-11-13-2-1-8-23-13/h1-2,5-6,8,10,12,18H,3-4,7,9,11H2. The van der Waals surface area contributed by atoms with Gasteiger partial charge in [0.2, 0.25) is 15.9 Å². The predicted molar refractivity (Wildman–Crippen MR) is 95.0 cm³/mol. The summed E-state index contributed by atoms with van der Waals surface area (Å²) >= 11 is 1.65. The van der Waals surface area contributed by atoms with E-state index >= 15 is 0 Å². The zero-order chi connectivity index (χ0) is 17.4. The topological polar surface area (TPSA) is 79.6 Å². The Morgan fingerprint density at radius 2 is 2.16 bits per heavy atom. The second-order valence-corrected chi connectivity index (χ2v) is 9.05. The Morgan fingerprint density at radius 3 is 2.88 bits per heavy atom. The predicted octanol–water partition coefficient (Wildman–Crippen LogP) is 2.61. The number of amides is 1. The molecule has 1 fully saturated rings. The second-order valence-electron chi connectivity index (χ2n) is 6.15. The van der Waals surface area contributed by atoms with E-state index in [1.54, 1.807) is 47.0 Å². The number of fused-ring (bicyclic) bond motifs is 1. The van der Waals surface area contributed by atoms with E-state index in [0.29, 0.717) is 18.0 Å². The van der Waals surface area contributed by atoms with Crippen molar-refractivity contribution < 1.29 is 17.6 Å². The number of anilines is 1. The third-order valence-corrected chi connectivity index (χ3v) is 6.75. The molecule has 1 aliphatic heterocycles. The molecule has 1 aliphatic carbocycles. The van der Waals surface area contributed by atoms with Crippen LogP contribution in [0.3, 0.4) is 0 Å². The molecule has 8 heteroatoms. The minimum Gasteiger partial charge on any atom is -0.468 e. The van der Waals surface area contributed by atoms with E-state index in [4.69, 9.17) is 4.42 Å². The Kier molecular flexibility index (Phi) is 4.35. The lowest BCUT2D eigenvalue weighted by Crippen LogP contribution is -2.36. The largest absolute Gasteiger partial charge is 0.468 e. The van der Waals surface area contributed by atoms with Gasteiger partial charge in [-0.25, -0.2) is 13.1 Å². The van der Waals surface area contributed by atoms with Crippen molar-refractivity contribution in [3.63, 3.8) is 0 Å². The fourth-order valence-electron chi connectivity index (χ4n) is 2.81. The minimum absolute atomic E-state index is 0.0892. The lowest BCUT2D eigenvalue weighted by Gasteiger charge is -2.29. The van der Waals surface area contributed by atoms with E-state index in [9.17, 15) is 13.2 Å². The van der Waals surface area contributed by atoms with Crippen LogP contribution in [0.25, 0.3) is 0 Å². The zero-order valence-corrected chi connectivity index (χ0v) is 15.1. The molecule has 1 amide bonds. The van der Waals surface area contributed by atoms with E-state index in [-0.39, 0.29) is 23.3 Å². The van der Waals surface area contributed by atoms with Crippen LogP contribution in [-0.4, -0.2) is 26.6 Å². The van der Waals surface area contributed by atoms with Crippen molar-refractivity contribution in [1.82, 2.24) is 4.72 Å². The van der Waals surface area contributed by atoms with Crippen molar-refractivity contribution in [2.45, 2.75) is 29.2 Å². The third-order valence-electron chi connectivity index (χ3n) is 4.31. The molecular formula is C17H18N2O4S2. The Hall–Kier alpha value is -1.77. The van der Waals surface area contributed by atoms with Gasteiger partial charge in [0.15, 0.2) is 0 Å². The summed E-state index contributed by atoms with van der Waals surface area (Å²) in [6.45, 7) is 0.711. The molecule has 0 spiro atoms. The molecule has 1 aromatic heterocycles. The van der Waals surface area contributed by atoms with E-state index in [2.05, 4.69) is 4.72 Å². The van der Waals surface area contributed by atoms with Gasteiger partial charge >= 0.3 is 0 Å².